The maximum atomic E-state index is 12.8. The van der Waals surface area contributed by atoms with Crippen LogP contribution in [0.4, 0.5) is 0 Å². The quantitative estimate of drug-likeness (QED) is 0.788. The smallest absolute Gasteiger partial charge is 0.334 e. The number of hydrogen-bond acceptors (Lipinski definition) is 5. The molecule has 1 amide bonds. The van der Waals surface area contributed by atoms with Crippen molar-refractivity contribution in [1.82, 2.24) is 4.90 Å². The van der Waals surface area contributed by atoms with Gasteiger partial charge in [-0.15, -0.1) is 0 Å². The standard InChI is InChI=1S/C13H21NO6S/c1-9-7-14(8-10(20-9)11(15)16)12(17)13(21(2,18)19)5-3-4-6-13/h9-10H,3-8H2,1-2H3,(H,15,16)/t9-,10?/m1/s1. The van der Waals surface area contributed by atoms with E-state index < -0.39 is 38.7 Å². The summed E-state index contributed by atoms with van der Waals surface area (Å²) in [6, 6.07) is 0. The molecule has 2 fully saturated rings. The van der Waals surface area contributed by atoms with Gasteiger partial charge in [-0.1, -0.05) is 12.8 Å². The number of sulfone groups is 1. The zero-order chi connectivity index (χ0) is 15.8. The van der Waals surface area contributed by atoms with E-state index in [2.05, 4.69) is 0 Å². The van der Waals surface area contributed by atoms with Gasteiger partial charge in [0.05, 0.1) is 12.6 Å². The van der Waals surface area contributed by atoms with Gasteiger partial charge in [-0.3, -0.25) is 4.79 Å². The van der Waals surface area contributed by atoms with Gasteiger partial charge in [0.2, 0.25) is 5.91 Å². The molecule has 0 aromatic rings. The average molecular weight is 319 g/mol. The van der Waals surface area contributed by atoms with E-state index in [1.165, 1.54) is 4.90 Å². The molecule has 8 heteroatoms. The lowest BCUT2D eigenvalue weighted by Gasteiger charge is -2.39. The molecule has 1 saturated carbocycles. The summed E-state index contributed by atoms with van der Waals surface area (Å²) in [5.41, 5.74) is 0. The molecule has 0 aromatic heterocycles. The molecule has 0 radical (unpaired) electrons. The van der Waals surface area contributed by atoms with Crippen LogP contribution in [0.1, 0.15) is 32.6 Å². The van der Waals surface area contributed by atoms with Crippen LogP contribution in [0.15, 0.2) is 0 Å². The van der Waals surface area contributed by atoms with Crippen LogP contribution in [0.3, 0.4) is 0 Å². The first-order valence-electron chi connectivity index (χ1n) is 7.04. The first-order valence-corrected chi connectivity index (χ1v) is 8.94. The third-order valence-corrected chi connectivity index (χ3v) is 6.34. The number of carboxylic acids is 1. The van der Waals surface area contributed by atoms with Crippen molar-refractivity contribution in [2.45, 2.75) is 49.6 Å². The highest BCUT2D eigenvalue weighted by molar-refractivity contribution is 7.92. The second-order valence-corrected chi connectivity index (χ2v) is 8.28. The van der Waals surface area contributed by atoms with E-state index in [-0.39, 0.29) is 13.1 Å². The molecule has 2 rings (SSSR count). The van der Waals surface area contributed by atoms with Gasteiger partial charge < -0.3 is 14.7 Å². The zero-order valence-corrected chi connectivity index (χ0v) is 13.1. The van der Waals surface area contributed by atoms with Crippen LogP contribution < -0.4 is 0 Å². The highest BCUT2D eigenvalue weighted by Gasteiger charge is 2.52. The summed E-state index contributed by atoms with van der Waals surface area (Å²) in [6.45, 7) is 1.80. The van der Waals surface area contributed by atoms with E-state index in [4.69, 9.17) is 9.84 Å². The van der Waals surface area contributed by atoms with Crippen molar-refractivity contribution in [3.63, 3.8) is 0 Å². The lowest BCUT2D eigenvalue weighted by Crippen LogP contribution is -2.59. The monoisotopic (exact) mass is 319 g/mol. The Bertz CT molecular complexity index is 537. The summed E-state index contributed by atoms with van der Waals surface area (Å²) in [7, 11) is -3.55. The summed E-state index contributed by atoms with van der Waals surface area (Å²) in [4.78, 5) is 25.2. The molecule has 0 spiro atoms. The lowest BCUT2D eigenvalue weighted by molar-refractivity contribution is -0.167. The van der Waals surface area contributed by atoms with Crippen molar-refractivity contribution in [3.05, 3.63) is 0 Å². The molecule has 7 nitrogen and oxygen atoms in total. The number of rotatable bonds is 3. The molecule has 1 unspecified atom stereocenters. The highest BCUT2D eigenvalue weighted by atomic mass is 32.2. The fraction of sp³-hybridized carbons (Fsp3) is 0.846. The van der Waals surface area contributed by atoms with Gasteiger partial charge >= 0.3 is 5.97 Å². The van der Waals surface area contributed by atoms with E-state index in [1.807, 2.05) is 0 Å². The zero-order valence-electron chi connectivity index (χ0n) is 12.2. The van der Waals surface area contributed by atoms with Crippen LogP contribution in [0, 0.1) is 0 Å². The van der Waals surface area contributed by atoms with Crippen molar-refractivity contribution in [1.29, 1.82) is 0 Å². The topological polar surface area (TPSA) is 101 Å². The Hall–Kier alpha value is -1.15. The Morgan fingerprint density at radius 1 is 1.24 bits per heavy atom. The van der Waals surface area contributed by atoms with Crippen LogP contribution in [-0.2, 0) is 24.2 Å². The molecule has 0 aromatic carbocycles. The van der Waals surface area contributed by atoms with Crippen LogP contribution in [0.25, 0.3) is 0 Å². The first-order chi connectivity index (χ1) is 9.67. The van der Waals surface area contributed by atoms with Crippen molar-refractivity contribution in [2.75, 3.05) is 19.3 Å². The SMILES string of the molecule is C[C@@H]1CN(C(=O)C2(S(C)(=O)=O)CCCC2)CC(C(=O)O)O1. The summed E-state index contributed by atoms with van der Waals surface area (Å²) >= 11 is 0. The third kappa shape index (κ3) is 2.91. The normalized spacial score (nSPS) is 29.3. The van der Waals surface area contributed by atoms with E-state index in [0.717, 1.165) is 6.26 Å². The molecule has 2 aliphatic rings. The van der Waals surface area contributed by atoms with Crippen LogP contribution in [-0.4, -0.2) is 66.6 Å². The van der Waals surface area contributed by atoms with E-state index >= 15 is 0 Å². The van der Waals surface area contributed by atoms with Crippen LogP contribution in [0.2, 0.25) is 0 Å². The average Bonchev–Trinajstić information content (AvgIpc) is 2.87. The number of nitrogens with zero attached hydrogens (tertiary/aromatic N) is 1. The van der Waals surface area contributed by atoms with E-state index in [9.17, 15) is 18.0 Å². The molecule has 21 heavy (non-hydrogen) atoms. The Morgan fingerprint density at radius 3 is 2.29 bits per heavy atom. The molecule has 1 saturated heterocycles. The second-order valence-electron chi connectivity index (χ2n) is 5.96. The maximum Gasteiger partial charge on any atom is 0.334 e. The Labute approximate surface area is 124 Å². The molecule has 0 bridgehead atoms. The summed E-state index contributed by atoms with van der Waals surface area (Å²) < 4.78 is 28.2. The molecular formula is C13H21NO6S. The minimum Gasteiger partial charge on any atom is -0.479 e. The molecule has 120 valence electrons. The number of carbonyl (C=O) groups excluding carboxylic acids is 1. The summed E-state index contributed by atoms with van der Waals surface area (Å²) in [5.74, 6) is -1.61. The fourth-order valence-electron chi connectivity index (χ4n) is 3.23. The van der Waals surface area contributed by atoms with Crippen LogP contribution in [0.5, 0.6) is 0 Å². The van der Waals surface area contributed by atoms with Crippen molar-refractivity contribution < 1.29 is 27.9 Å². The molecule has 1 aliphatic carbocycles. The summed E-state index contributed by atoms with van der Waals surface area (Å²) in [5, 5.41) is 9.06. The van der Waals surface area contributed by atoms with Gasteiger partial charge in [-0.2, -0.15) is 0 Å². The number of carboxylic acid groups (broad SMARTS) is 1. The van der Waals surface area contributed by atoms with Crippen molar-refractivity contribution >= 4 is 21.7 Å². The van der Waals surface area contributed by atoms with Gasteiger partial charge in [0.15, 0.2) is 20.7 Å². The van der Waals surface area contributed by atoms with Crippen molar-refractivity contribution in [2.24, 2.45) is 0 Å². The first kappa shape index (κ1) is 16.2. The Morgan fingerprint density at radius 2 is 1.81 bits per heavy atom. The predicted octanol–water partition coefficient (Wildman–Crippen LogP) is 0.0443. The summed E-state index contributed by atoms with van der Waals surface area (Å²) in [6.07, 6.45) is 1.58. The second kappa shape index (κ2) is 5.57. The van der Waals surface area contributed by atoms with Gasteiger partial charge in [0, 0.05) is 12.8 Å². The Kier molecular flexibility index (Phi) is 4.30. The molecular weight excluding hydrogens is 298 g/mol. The molecule has 1 heterocycles. The Balaban J connectivity index is 2.27. The molecule has 1 aliphatic heterocycles. The van der Waals surface area contributed by atoms with E-state index in [1.54, 1.807) is 6.92 Å². The van der Waals surface area contributed by atoms with Gasteiger partial charge in [0.25, 0.3) is 0 Å². The molecule has 1 N–H and O–H groups in total. The number of ether oxygens (including phenoxy) is 1. The van der Waals surface area contributed by atoms with E-state index in [0.29, 0.717) is 25.7 Å². The number of amides is 1. The largest absolute Gasteiger partial charge is 0.479 e. The number of morpholine rings is 1. The molecule has 2 atom stereocenters. The van der Waals surface area contributed by atoms with Gasteiger partial charge in [-0.25, -0.2) is 13.2 Å². The van der Waals surface area contributed by atoms with Crippen molar-refractivity contribution in [3.8, 4) is 0 Å². The highest BCUT2D eigenvalue weighted by Crippen LogP contribution is 2.38. The minimum atomic E-state index is -3.55. The minimum absolute atomic E-state index is 0.101. The van der Waals surface area contributed by atoms with Gasteiger partial charge in [0.1, 0.15) is 0 Å². The predicted molar refractivity (Wildman–Crippen MR) is 74.6 cm³/mol. The number of carbonyl (C=O) groups is 2. The van der Waals surface area contributed by atoms with Crippen LogP contribution >= 0.6 is 0 Å². The third-order valence-electron chi connectivity index (χ3n) is 4.33. The number of aliphatic carboxylic acids is 1. The lowest BCUT2D eigenvalue weighted by atomic mass is 10.0. The van der Waals surface area contributed by atoms with Gasteiger partial charge in [-0.05, 0) is 19.8 Å². The number of hydrogen-bond donors (Lipinski definition) is 1. The fourth-order valence-corrected chi connectivity index (χ4v) is 4.71. The maximum absolute atomic E-state index is 12.8.